The average molecular weight is 282 g/mol. The molecule has 2 aromatic rings. The van der Waals surface area contributed by atoms with E-state index in [-0.39, 0.29) is 10.9 Å². The second kappa shape index (κ2) is 4.42. The second-order valence-corrected chi connectivity index (χ2v) is 6.44. The number of hydrogen-bond donors (Lipinski definition) is 0. The maximum atomic E-state index is 12.4. The number of sulfonamides is 1. The molecule has 3 rings (SSSR count). The molecule has 19 heavy (non-hydrogen) atoms. The fraction of sp³-hybridized carbons (Fsp3) is 0.500. The normalized spacial score (nSPS) is 21.0. The van der Waals surface area contributed by atoms with Gasteiger partial charge in [-0.2, -0.15) is 24.4 Å². The van der Waals surface area contributed by atoms with Gasteiger partial charge in [0.25, 0.3) is 0 Å². The Labute approximate surface area is 110 Å². The number of rotatable bonds is 3. The van der Waals surface area contributed by atoms with Gasteiger partial charge in [0.2, 0.25) is 10.0 Å². The van der Waals surface area contributed by atoms with E-state index in [0.29, 0.717) is 19.5 Å². The molecule has 0 saturated carbocycles. The summed E-state index contributed by atoms with van der Waals surface area (Å²) in [6.45, 7) is 0.870. The average Bonchev–Trinajstić information content (AvgIpc) is 3.10. The largest absolute Gasteiger partial charge is 0.274 e. The molecule has 8 nitrogen and oxygen atoms in total. The van der Waals surface area contributed by atoms with E-state index < -0.39 is 10.0 Å². The van der Waals surface area contributed by atoms with Crippen LogP contribution in [0.15, 0.2) is 29.7 Å². The first-order valence-corrected chi connectivity index (χ1v) is 7.36. The van der Waals surface area contributed by atoms with E-state index in [1.54, 1.807) is 24.2 Å². The van der Waals surface area contributed by atoms with Crippen LogP contribution in [0.25, 0.3) is 0 Å². The first-order chi connectivity index (χ1) is 9.07. The minimum Gasteiger partial charge on any atom is -0.274 e. The van der Waals surface area contributed by atoms with Crippen molar-refractivity contribution in [2.75, 3.05) is 13.1 Å². The number of aryl methyl sites for hydroxylation is 1. The monoisotopic (exact) mass is 282 g/mol. The van der Waals surface area contributed by atoms with Crippen molar-refractivity contribution in [3.8, 4) is 0 Å². The first-order valence-electron chi connectivity index (χ1n) is 5.92. The molecule has 1 aliphatic heterocycles. The zero-order chi connectivity index (χ0) is 13.5. The van der Waals surface area contributed by atoms with Crippen molar-refractivity contribution in [3.05, 3.63) is 24.8 Å². The lowest BCUT2D eigenvalue weighted by molar-refractivity contribution is 0.402. The number of aromatic nitrogens is 5. The number of nitrogens with zero attached hydrogens (tertiary/aromatic N) is 6. The van der Waals surface area contributed by atoms with Crippen LogP contribution in [0, 0.1) is 0 Å². The fourth-order valence-electron chi connectivity index (χ4n) is 2.21. The van der Waals surface area contributed by atoms with Crippen molar-refractivity contribution in [3.63, 3.8) is 0 Å². The molecule has 0 N–H and O–H groups in total. The van der Waals surface area contributed by atoms with Gasteiger partial charge in [-0.1, -0.05) is 0 Å². The molecular weight excluding hydrogens is 268 g/mol. The Morgan fingerprint density at radius 3 is 2.63 bits per heavy atom. The van der Waals surface area contributed by atoms with Gasteiger partial charge in [-0.25, -0.2) is 8.42 Å². The molecule has 0 aliphatic carbocycles. The Morgan fingerprint density at radius 1 is 1.26 bits per heavy atom. The van der Waals surface area contributed by atoms with Crippen molar-refractivity contribution in [2.24, 2.45) is 7.05 Å². The van der Waals surface area contributed by atoms with Gasteiger partial charge in [0, 0.05) is 26.3 Å². The third-order valence-corrected chi connectivity index (χ3v) is 5.03. The molecule has 0 aromatic carbocycles. The maximum absolute atomic E-state index is 12.4. The molecule has 1 atom stereocenters. The van der Waals surface area contributed by atoms with Crippen LogP contribution >= 0.6 is 0 Å². The van der Waals surface area contributed by atoms with Gasteiger partial charge in [0.1, 0.15) is 4.90 Å². The second-order valence-electron chi connectivity index (χ2n) is 4.50. The van der Waals surface area contributed by atoms with E-state index in [0.717, 1.165) is 0 Å². The quantitative estimate of drug-likeness (QED) is 0.768. The molecule has 2 aromatic heterocycles. The van der Waals surface area contributed by atoms with Gasteiger partial charge in [-0.3, -0.25) is 4.68 Å². The lowest BCUT2D eigenvalue weighted by atomic mass is 10.3. The Morgan fingerprint density at radius 2 is 2.00 bits per heavy atom. The summed E-state index contributed by atoms with van der Waals surface area (Å²) >= 11 is 0. The van der Waals surface area contributed by atoms with E-state index >= 15 is 0 Å². The molecule has 0 radical (unpaired) electrons. The Hall–Kier alpha value is -1.74. The minimum absolute atomic E-state index is 0.00134. The van der Waals surface area contributed by atoms with Crippen molar-refractivity contribution in [2.45, 2.75) is 17.4 Å². The molecule has 0 unspecified atom stereocenters. The van der Waals surface area contributed by atoms with Crippen LogP contribution in [0.1, 0.15) is 12.5 Å². The zero-order valence-corrected chi connectivity index (χ0v) is 11.2. The predicted octanol–water partition coefficient (Wildman–Crippen LogP) is -0.353. The SMILES string of the molecule is Cn1cc(S(=O)(=O)N2CC[C@@H](n3nccn3)C2)cn1. The summed E-state index contributed by atoms with van der Waals surface area (Å²) in [5.41, 5.74) is 0. The molecule has 0 bridgehead atoms. The third-order valence-electron chi connectivity index (χ3n) is 3.21. The smallest absolute Gasteiger partial charge is 0.246 e. The summed E-state index contributed by atoms with van der Waals surface area (Å²) in [5, 5.41) is 12.0. The van der Waals surface area contributed by atoms with E-state index in [2.05, 4.69) is 15.3 Å². The Bertz CT molecular complexity index is 662. The number of hydrogen-bond acceptors (Lipinski definition) is 5. The zero-order valence-electron chi connectivity index (χ0n) is 10.4. The lowest BCUT2D eigenvalue weighted by Crippen LogP contribution is -2.29. The van der Waals surface area contributed by atoms with E-state index in [1.165, 1.54) is 21.4 Å². The summed E-state index contributed by atoms with van der Waals surface area (Å²) in [7, 11) is -1.77. The van der Waals surface area contributed by atoms with Gasteiger partial charge < -0.3 is 0 Å². The molecular formula is C10H14N6O2S. The van der Waals surface area contributed by atoms with E-state index in [9.17, 15) is 8.42 Å². The Balaban J connectivity index is 1.81. The van der Waals surface area contributed by atoms with Crippen LogP contribution in [0.4, 0.5) is 0 Å². The highest BCUT2D eigenvalue weighted by molar-refractivity contribution is 7.89. The Kier molecular flexibility index (Phi) is 2.86. The highest BCUT2D eigenvalue weighted by atomic mass is 32.2. The lowest BCUT2D eigenvalue weighted by Gasteiger charge is -2.14. The van der Waals surface area contributed by atoms with Crippen LogP contribution in [0.3, 0.4) is 0 Å². The molecule has 102 valence electrons. The summed E-state index contributed by atoms with van der Waals surface area (Å²) < 4.78 is 27.7. The molecule has 9 heteroatoms. The summed E-state index contributed by atoms with van der Waals surface area (Å²) in [4.78, 5) is 1.79. The predicted molar refractivity (Wildman–Crippen MR) is 65.6 cm³/mol. The standard InChI is InChI=1S/C10H14N6O2S/c1-14-8-10(6-13-14)19(17,18)15-5-2-9(7-15)16-11-3-4-12-16/h3-4,6,8-9H,2,5,7H2,1H3/t9-/m1/s1. The van der Waals surface area contributed by atoms with Gasteiger partial charge in [0.15, 0.2) is 0 Å². The minimum atomic E-state index is -3.46. The summed E-state index contributed by atoms with van der Waals surface area (Å²) in [6, 6.07) is 0.00134. The maximum Gasteiger partial charge on any atom is 0.246 e. The summed E-state index contributed by atoms with van der Waals surface area (Å²) in [6.07, 6.45) is 6.79. The fourth-order valence-corrected chi connectivity index (χ4v) is 3.69. The van der Waals surface area contributed by atoms with Crippen LogP contribution in [0.2, 0.25) is 0 Å². The van der Waals surface area contributed by atoms with Crippen LogP contribution in [-0.2, 0) is 17.1 Å². The van der Waals surface area contributed by atoms with E-state index in [1.807, 2.05) is 0 Å². The van der Waals surface area contributed by atoms with Crippen LogP contribution in [0.5, 0.6) is 0 Å². The molecule has 3 heterocycles. The third kappa shape index (κ3) is 2.15. The molecule has 0 amide bonds. The highest BCUT2D eigenvalue weighted by Crippen LogP contribution is 2.25. The van der Waals surface area contributed by atoms with Crippen molar-refractivity contribution < 1.29 is 8.42 Å². The topological polar surface area (TPSA) is 85.9 Å². The van der Waals surface area contributed by atoms with Crippen LogP contribution < -0.4 is 0 Å². The highest BCUT2D eigenvalue weighted by Gasteiger charge is 2.34. The van der Waals surface area contributed by atoms with Gasteiger partial charge >= 0.3 is 0 Å². The van der Waals surface area contributed by atoms with E-state index in [4.69, 9.17) is 0 Å². The molecule has 1 aliphatic rings. The van der Waals surface area contributed by atoms with Crippen molar-refractivity contribution in [1.82, 2.24) is 29.1 Å². The van der Waals surface area contributed by atoms with Gasteiger partial charge in [0.05, 0.1) is 24.6 Å². The van der Waals surface area contributed by atoms with Gasteiger partial charge in [-0.15, -0.1) is 0 Å². The first kappa shape index (κ1) is 12.3. The van der Waals surface area contributed by atoms with Crippen molar-refractivity contribution in [1.29, 1.82) is 0 Å². The summed E-state index contributed by atoms with van der Waals surface area (Å²) in [5.74, 6) is 0. The molecule has 1 fully saturated rings. The molecule has 0 spiro atoms. The van der Waals surface area contributed by atoms with Gasteiger partial charge in [-0.05, 0) is 6.42 Å². The van der Waals surface area contributed by atoms with Crippen molar-refractivity contribution >= 4 is 10.0 Å². The molecule has 1 saturated heterocycles. The van der Waals surface area contributed by atoms with Crippen LogP contribution in [-0.4, -0.2) is 50.6 Å².